The van der Waals surface area contributed by atoms with Crippen molar-refractivity contribution < 1.29 is 9.13 Å². The molecule has 0 aromatic heterocycles. The maximum atomic E-state index is 12.3. The molecule has 0 saturated heterocycles. The molecule has 0 aliphatic heterocycles. The van der Waals surface area contributed by atoms with Crippen molar-refractivity contribution >= 4 is 49.7 Å². The topological polar surface area (TPSA) is 86.2 Å². The molecule has 21 heavy (non-hydrogen) atoms. The van der Waals surface area contributed by atoms with Crippen LogP contribution in [0.5, 0.6) is 0 Å². The second-order valence-electron chi connectivity index (χ2n) is 4.21. The fourth-order valence-electron chi connectivity index (χ4n) is 1.69. The summed E-state index contributed by atoms with van der Waals surface area (Å²) in [6, 6.07) is 9.13. The lowest BCUT2D eigenvalue weighted by Crippen LogP contribution is -1.99. The predicted molar refractivity (Wildman–Crippen MR) is 86.8 cm³/mol. The van der Waals surface area contributed by atoms with E-state index in [0.717, 1.165) is 0 Å². The van der Waals surface area contributed by atoms with Crippen molar-refractivity contribution in [2.24, 2.45) is 0 Å². The van der Waals surface area contributed by atoms with Gasteiger partial charge in [-0.25, -0.2) is 0 Å². The van der Waals surface area contributed by atoms with Crippen LogP contribution in [-0.4, -0.2) is 9.13 Å². The molecule has 0 amide bonds. The van der Waals surface area contributed by atoms with Gasteiger partial charge in [0.15, 0.2) is 0 Å². The standard InChI is InChI=1S/C13H10BrClN2O3S/c14-11-6-10(17(18)19)3-1-8(11)7-21(20)13-4-2-9(16)5-12(13)15/h1-6H,7,16H2. The third-order valence-electron chi connectivity index (χ3n) is 2.74. The van der Waals surface area contributed by atoms with E-state index in [1.54, 1.807) is 24.3 Å². The fraction of sp³-hybridized carbons (Fsp3) is 0.0769. The molecule has 2 N–H and O–H groups in total. The lowest BCUT2D eigenvalue weighted by molar-refractivity contribution is -0.384. The highest BCUT2D eigenvalue weighted by atomic mass is 79.9. The van der Waals surface area contributed by atoms with Gasteiger partial charge < -0.3 is 5.73 Å². The van der Waals surface area contributed by atoms with E-state index in [1.165, 1.54) is 12.1 Å². The Morgan fingerprint density at radius 3 is 2.57 bits per heavy atom. The Morgan fingerprint density at radius 2 is 2.00 bits per heavy atom. The van der Waals surface area contributed by atoms with Crippen LogP contribution in [0, 0.1) is 10.1 Å². The fourth-order valence-corrected chi connectivity index (χ4v) is 4.01. The molecule has 0 bridgehead atoms. The van der Waals surface area contributed by atoms with Crippen LogP contribution in [-0.2, 0) is 16.6 Å². The number of hydrogen-bond donors (Lipinski definition) is 1. The van der Waals surface area contributed by atoms with Crippen molar-refractivity contribution in [3.8, 4) is 0 Å². The SMILES string of the molecule is Nc1ccc(S(=O)Cc2ccc([N+](=O)[O-])cc2Br)c(Cl)c1. The first-order valence-corrected chi connectivity index (χ1v) is 8.23. The molecule has 110 valence electrons. The third-order valence-corrected chi connectivity index (χ3v) is 5.32. The first-order valence-electron chi connectivity index (χ1n) is 5.74. The summed E-state index contributed by atoms with van der Waals surface area (Å²) in [5, 5.41) is 11.0. The normalized spacial score (nSPS) is 12.1. The summed E-state index contributed by atoms with van der Waals surface area (Å²) in [5.74, 6) is 0.197. The Kier molecular flexibility index (Phi) is 4.97. The Bertz CT molecular complexity index is 739. The first-order chi connectivity index (χ1) is 9.88. The minimum absolute atomic E-state index is 0.0260. The molecule has 1 atom stereocenters. The highest BCUT2D eigenvalue weighted by Gasteiger charge is 2.14. The quantitative estimate of drug-likeness (QED) is 0.488. The number of nitrogens with zero attached hydrogens (tertiary/aromatic N) is 1. The van der Waals surface area contributed by atoms with Gasteiger partial charge in [-0.05, 0) is 23.8 Å². The molecule has 2 aromatic rings. The van der Waals surface area contributed by atoms with Crippen molar-refractivity contribution in [3.05, 3.63) is 61.6 Å². The first kappa shape index (κ1) is 15.9. The Labute approximate surface area is 136 Å². The predicted octanol–water partition coefficient (Wildman–Crippen LogP) is 3.90. The highest BCUT2D eigenvalue weighted by Crippen LogP contribution is 2.28. The van der Waals surface area contributed by atoms with Crippen LogP contribution in [0.4, 0.5) is 11.4 Å². The minimum atomic E-state index is -1.37. The number of nitro benzene ring substituents is 1. The van der Waals surface area contributed by atoms with Crippen LogP contribution in [0.1, 0.15) is 5.56 Å². The zero-order valence-electron chi connectivity index (χ0n) is 10.6. The largest absolute Gasteiger partial charge is 0.399 e. The average Bonchev–Trinajstić information content (AvgIpc) is 2.40. The number of nitrogen functional groups attached to an aromatic ring is 1. The lowest BCUT2D eigenvalue weighted by atomic mass is 10.2. The van der Waals surface area contributed by atoms with Gasteiger partial charge >= 0.3 is 0 Å². The van der Waals surface area contributed by atoms with E-state index in [2.05, 4.69) is 15.9 Å². The smallest absolute Gasteiger partial charge is 0.270 e. The summed E-state index contributed by atoms with van der Waals surface area (Å²) in [5.41, 5.74) is 6.77. The van der Waals surface area contributed by atoms with Crippen LogP contribution in [0.25, 0.3) is 0 Å². The molecule has 2 rings (SSSR count). The number of halogens is 2. The molecule has 5 nitrogen and oxygen atoms in total. The second kappa shape index (κ2) is 6.55. The molecule has 0 heterocycles. The summed E-state index contributed by atoms with van der Waals surface area (Å²) < 4.78 is 12.9. The van der Waals surface area contributed by atoms with E-state index in [1.807, 2.05) is 0 Å². The molecule has 0 aliphatic carbocycles. The molecule has 0 fully saturated rings. The maximum absolute atomic E-state index is 12.3. The molecular weight excluding hydrogens is 380 g/mol. The minimum Gasteiger partial charge on any atom is -0.399 e. The van der Waals surface area contributed by atoms with Crippen LogP contribution in [0.3, 0.4) is 0 Å². The lowest BCUT2D eigenvalue weighted by Gasteiger charge is -2.07. The Balaban J connectivity index is 2.25. The van der Waals surface area contributed by atoms with Gasteiger partial charge in [0.05, 0.1) is 31.4 Å². The number of rotatable bonds is 4. The van der Waals surface area contributed by atoms with Gasteiger partial charge in [-0.3, -0.25) is 14.3 Å². The van der Waals surface area contributed by atoms with Crippen molar-refractivity contribution in [1.29, 1.82) is 0 Å². The van der Waals surface area contributed by atoms with E-state index in [9.17, 15) is 14.3 Å². The van der Waals surface area contributed by atoms with Crippen molar-refractivity contribution in [1.82, 2.24) is 0 Å². The number of nitro groups is 1. The summed E-state index contributed by atoms with van der Waals surface area (Å²) >= 11 is 9.28. The average molecular weight is 390 g/mol. The zero-order valence-corrected chi connectivity index (χ0v) is 13.7. The monoisotopic (exact) mass is 388 g/mol. The van der Waals surface area contributed by atoms with Gasteiger partial charge in [0.2, 0.25) is 0 Å². The van der Waals surface area contributed by atoms with Crippen molar-refractivity contribution in [2.45, 2.75) is 10.6 Å². The summed E-state index contributed by atoms with van der Waals surface area (Å²) in [7, 11) is -1.37. The van der Waals surface area contributed by atoms with E-state index in [0.29, 0.717) is 25.6 Å². The van der Waals surface area contributed by atoms with E-state index in [-0.39, 0.29) is 11.4 Å². The van der Waals surface area contributed by atoms with Gasteiger partial charge in [0.25, 0.3) is 5.69 Å². The van der Waals surface area contributed by atoms with Crippen LogP contribution in [0.2, 0.25) is 5.02 Å². The second-order valence-corrected chi connectivity index (χ2v) is 6.89. The van der Waals surface area contributed by atoms with Gasteiger partial charge in [-0.2, -0.15) is 0 Å². The van der Waals surface area contributed by atoms with Gasteiger partial charge in [0.1, 0.15) is 0 Å². The maximum Gasteiger partial charge on any atom is 0.270 e. The van der Waals surface area contributed by atoms with E-state index in [4.69, 9.17) is 17.3 Å². The number of nitrogens with two attached hydrogens (primary N) is 1. The van der Waals surface area contributed by atoms with E-state index < -0.39 is 15.7 Å². The Morgan fingerprint density at radius 1 is 1.29 bits per heavy atom. The van der Waals surface area contributed by atoms with Gasteiger partial charge in [0, 0.05) is 22.3 Å². The van der Waals surface area contributed by atoms with Gasteiger partial charge in [-0.1, -0.05) is 33.6 Å². The summed E-state index contributed by atoms with van der Waals surface area (Å²) in [6.45, 7) is 0. The van der Waals surface area contributed by atoms with E-state index >= 15 is 0 Å². The molecule has 0 saturated carbocycles. The number of anilines is 1. The summed E-state index contributed by atoms with van der Waals surface area (Å²) in [4.78, 5) is 10.7. The van der Waals surface area contributed by atoms with Crippen LogP contribution >= 0.6 is 27.5 Å². The molecule has 0 aliphatic rings. The highest BCUT2D eigenvalue weighted by molar-refractivity contribution is 9.10. The Hall–Kier alpha value is -1.44. The van der Waals surface area contributed by atoms with Gasteiger partial charge in [-0.15, -0.1) is 0 Å². The number of benzene rings is 2. The van der Waals surface area contributed by atoms with Crippen LogP contribution < -0.4 is 5.73 Å². The molecule has 0 radical (unpaired) electrons. The molecule has 0 spiro atoms. The molecule has 2 aromatic carbocycles. The van der Waals surface area contributed by atoms with Crippen molar-refractivity contribution in [3.63, 3.8) is 0 Å². The summed E-state index contributed by atoms with van der Waals surface area (Å²) in [6.07, 6.45) is 0. The molecular formula is C13H10BrClN2O3S. The third kappa shape index (κ3) is 3.81. The van der Waals surface area contributed by atoms with Crippen LogP contribution in [0.15, 0.2) is 45.8 Å². The number of hydrogen-bond acceptors (Lipinski definition) is 4. The molecule has 8 heteroatoms. The van der Waals surface area contributed by atoms with Crippen molar-refractivity contribution in [2.75, 3.05) is 5.73 Å². The number of non-ortho nitro benzene ring substituents is 1. The molecule has 1 unspecified atom stereocenters. The zero-order chi connectivity index (χ0) is 15.6.